The van der Waals surface area contributed by atoms with Crippen LogP contribution in [-0.4, -0.2) is 38.1 Å². The molecule has 15 heavy (non-hydrogen) atoms. The maximum atomic E-state index is 3.89. The summed E-state index contributed by atoms with van der Waals surface area (Å²) >= 11 is 0. The van der Waals surface area contributed by atoms with E-state index in [2.05, 4.69) is 44.7 Å². The standard InChI is InChI=1S/C13H26N2/c1-11(2)10-14-7-6-13(3)8-12(9-13)15(4)5/h12,14H,1,6-10H2,2-5H3. The van der Waals surface area contributed by atoms with Gasteiger partial charge in [0.15, 0.2) is 0 Å². The van der Waals surface area contributed by atoms with Crippen molar-refractivity contribution < 1.29 is 0 Å². The first-order valence-corrected chi connectivity index (χ1v) is 5.94. The van der Waals surface area contributed by atoms with Gasteiger partial charge in [0.25, 0.3) is 0 Å². The van der Waals surface area contributed by atoms with Crippen molar-refractivity contribution in [1.82, 2.24) is 10.2 Å². The third-order valence-electron chi connectivity index (χ3n) is 3.52. The Morgan fingerprint density at radius 2 is 2.07 bits per heavy atom. The molecule has 2 nitrogen and oxygen atoms in total. The minimum Gasteiger partial charge on any atom is -0.313 e. The highest BCUT2D eigenvalue weighted by atomic mass is 15.1. The first-order chi connectivity index (χ1) is 6.93. The molecule has 0 aromatic heterocycles. The van der Waals surface area contributed by atoms with Gasteiger partial charge in [0, 0.05) is 12.6 Å². The fourth-order valence-electron chi connectivity index (χ4n) is 2.34. The zero-order chi connectivity index (χ0) is 11.5. The van der Waals surface area contributed by atoms with Gasteiger partial charge < -0.3 is 10.2 Å². The molecule has 0 aliphatic heterocycles. The molecule has 1 rings (SSSR count). The Morgan fingerprint density at radius 3 is 2.53 bits per heavy atom. The Bertz CT molecular complexity index is 215. The van der Waals surface area contributed by atoms with Crippen molar-refractivity contribution in [1.29, 1.82) is 0 Å². The number of rotatable bonds is 6. The summed E-state index contributed by atoms with van der Waals surface area (Å²) in [5, 5.41) is 3.44. The zero-order valence-electron chi connectivity index (χ0n) is 10.8. The quantitative estimate of drug-likeness (QED) is 0.534. The van der Waals surface area contributed by atoms with Gasteiger partial charge in [0.05, 0.1) is 0 Å². The van der Waals surface area contributed by atoms with Crippen molar-refractivity contribution in [2.75, 3.05) is 27.2 Å². The Morgan fingerprint density at radius 1 is 1.47 bits per heavy atom. The van der Waals surface area contributed by atoms with Crippen LogP contribution in [0.1, 0.15) is 33.1 Å². The molecule has 0 radical (unpaired) electrons. The molecule has 88 valence electrons. The van der Waals surface area contributed by atoms with Crippen LogP contribution >= 0.6 is 0 Å². The van der Waals surface area contributed by atoms with Crippen LogP contribution in [0.4, 0.5) is 0 Å². The van der Waals surface area contributed by atoms with Gasteiger partial charge >= 0.3 is 0 Å². The predicted octanol–water partition coefficient (Wildman–Crippen LogP) is 2.27. The SMILES string of the molecule is C=C(C)CNCCC1(C)CC(N(C)C)C1. The van der Waals surface area contributed by atoms with Gasteiger partial charge in [-0.25, -0.2) is 0 Å². The van der Waals surface area contributed by atoms with Gasteiger partial charge in [-0.05, 0) is 52.2 Å². The van der Waals surface area contributed by atoms with Crippen LogP contribution in [0, 0.1) is 5.41 Å². The van der Waals surface area contributed by atoms with Gasteiger partial charge in [0.2, 0.25) is 0 Å². The van der Waals surface area contributed by atoms with E-state index in [1.807, 2.05) is 0 Å². The summed E-state index contributed by atoms with van der Waals surface area (Å²) in [6, 6.07) is 0.816. The molecule has 1 N–H and O–H groups in total. The topological polar surface area (TPSA) is 15.3 Å². The van der Waals surface area contributed by atoms with E-state index in [1.54, 1.807) is 0 Å². The summed E-state index contributed by atoms with van der Waals surface area (Å²) in [4.78, 5) is 2.35. The third kappa shape index (κ3) is 3.96. The van der Waals surface area contributed by atoms with Gasteiger partial charge in [-0.1, -0.05) is 19.1 Å². The van der Waals surface area contributed by atoms with E-state index in [0.717, 1.165) is 19.1 Å². The Balaban J connectivity index is 2.10. The van der Waals surface area contributed by atoms with Crippen molar-refractivity contribution in [3.8, 4) is 0 Å². The molecule has 0 saturated heterocycles. The lowest BCUT2D eigenvalue weighted by Gasteiger charge is -2.48. The molecule has 0 heterocycles. The summed E-state index contributed by atoms with van der Waals surface area (Å²) in [6.45, 7) is 10.5. The molecule has 2 heteroatoms. The first-order valence-electron chi connectivity index (χ1n) is 5.94. The highest BCUT2D eigenvalue weighted by Crippen LogP contribution is 2.45. The van der Waals surface area contributed by atoms with Gasteiger partial charge in [-0.3, -0.25) is 0 Å². The fourth-order valence-corrected chi connectivity index (χ4v) is 2.34. The van der Waals surface area contributed by atoms with Crippen molar-refractivity contribution >= 4 is 0 Å². The van der Waals surface area contributed by atoms with E-state index in [9.17, 15) is 0 Å². The van der Waals surface area contributed by atoms with Crippen LogP contribution < -0.4 is 5.32 Å². The fraction of sp³-hybridized carbons (Fsp3) is 0.846. The molecule has 1 fully saturated rings. The minimum absolute atomic E-state index is 0.580. The second-order valence-corrected chi connectivity index (χ2v) is 5.72. The lowest BCUT2D eigenvalue weighted by molar-refractivity contribution is 0.0343. The Kier molecular flexibility index (Phi) is 4.35. The van der Waals surface area contributed by atoms with Crippen molar-refractivity contribution in [3.05, 3.63) is 12.2 Å². The van der Waals surface area contributed by atoms with E-state index in [-0.39, 0.29) is 0 Å². The second-order valence-electron chi connectivity index (χ2n) is 5.72. The molecule has 0 aromatic carbocycles. The summed E-state index contributed by atoms with van der Waals surface area (Å²) in [5.41, 5.74) is 1.80. The van der Waals surface area contributed by atoms with Crippen molar-refractivity contribution in [2.45, 2.75) is 39.2 Å². The lowest BCUT2D eigenvalue weighted by atomic mass is 9.64. The first kappa shape index (κ1) is 12.7. The van der Waals surface area contributed by atoms with E-state index in [0.29, 0.717) is 5.41 Å². The van der Waals surface area contributed by atoms with Gasteiger partial charge in [0.1, 0.15) is 0 Å². The largest absolute Gasteiger partial charge is 0.313 e. The number of hydrogen-bond donors (Lipinski definition) is 1. The monoisotopic (exact) mass is 210 g/mol. The van der Waals surface area contributed by atoms with Crippen LogP contribution in [0.2, 0.25) is 0 Å². The maximum Gasteiger partial charge on any atom is 0.0159 e. The van der Waals surface area contributed by atoms with E-state index in [1.165, 1.54) is 24.8 Å². The lowest BCUT2D eigenvalue weighted by Crippen LogP contribution is -2.47. The smallest absolute Gasteiger partial charge is 0.0159 e. The molecule has 0 bridgehead atoms. The molecular weight excluding hydrogens is 184 g/mol. The predicted molar refractivity (Wildman–Crippen MR) is 67.1 cm³/mol. The average Bonchev–Trinajstić information content (AvgIpc) is 2.07. The van der Waals surface area contributed by atoms with Gasteiger partial charge in [-0.15, -0.1) is 0 Å². The van der Waals surface area contributed by atoms with Crippen molar-refractivity contribution in [2.24, 2.45) is 5.41 Å². The molecule has 0 atom stereocenters. The summed E-state index contributed by atoms with van der Waals surface area (Å²) in [6.07, 6.45) is 4.01. The minimum atomic E-state index is 0.580. The van der Waals surface area contributed by atoms with Crippen molar-refractivity contribution in [3.63, 3.8) is 0 Å². The molecule has 1 aliphatic carbocycles. The number of nitrogens with zero attached hydrogens (tertiary/aromatic N) is 1. The summed E-state index contributed by atoms with van der Waals surface area (Å²) in [5.74, 6) is 0. The number of nitrogens with one attached hydrogen (secondary N) is 1. The van der Waals surface area contributed by atoms with Crippen LogP contribution in [0.3, 0.4) is 0 Å². The molecule has 0 aromatic rings. The molecule has 0 amide bonds. The third-order valence-corrected chi connectivity index (χ3v) is 3.52. The van der Waals surface area contributed by atoms with E-state index >= 15 is 0 Å². The summed E-state index contributed by atoms with van der Waals surface area (Å²) in [7, 11) is 4.37. The average molecular weight is 210 g/mol. The Hall–Kier alpha value is -0.340. The molecule has 0 spiro atoms. The van der Waals surface area contributed by atoms with Crippen LogP contribution in [0.25, 0.3) is 0 Å². The van der Waals surface area contributed by atoms with Crippen LogP contribution in [-0.2, 0) is 0 Å². The maximum absolute atomic E-state index is 3.89. The molecule has 1 saturated carbocycles. The van der Waals surface area contributed by atoms with E-state index < -0.39 is 0 Å². The highest BCUT2D eigenvalue weighted by Gasteiger charge is 2.40. The molecular formula is C13H26N2. The van der Waals surface area contributed by atoms with Crippen LogP contribution in [0.5, 0.6) is 0 Å². The highest BCUT2D eigenvalue weighted by molar-refractivity contribution is 4.95. The second kappa shape index (κ2) is 5.13. The Labute approximate surface area is 94.7 Å². The molecule has 1 aliphatic rings. The molecule has 0 unspecified atom stereocenters. The van der Waals surface area contributed by atoms with Crippen LogP contribution in [0.15, 0.2) is 12.2 Å². The van der Waals surface area contributed by atoms with E-state index in [4.69, 9.17) is 0 Å². The summed E-state index contributed by atoms with van der Waals surface area (Å²) < 4.78 is 0. The normalized spacial score (nSPS) is 30.3. The van der Waals surface area contributed by atoms with Gasteiger partial charge in [-0.2, -0.15) is 0 Å². The number of hydrogen-bond acceptors (Lipinski definition) is 2. The zero-order valence-corrected chi connectivity index (χ0v) is 10.8.